The molecule has 3 aliphatic rings. The molecule has 0 saturated carbocycles. The second-order valence-electron chi connectivity index (χ2n) is 9.08. The van der Waals surface area contributed by atoms with E-state index in [1.54, 1.807) is 41.3 Å². The summed E-state index contributed by atoms with van der Waals surface area (Å²) in [5.41, 5.74) is 2.71. The number of carbonyl (C=O) groups is 2. The highest BCUT2D eigenvalue weighted by atomic mass is 32.2. The van der Waals surface area contributed by atoms with Gasteiger partial charge in [-0.05, 0) is 62.1 Å². The molecule has 9 nitrogen and oxygen atoms in total. The molecule has 180 valence electrons. The van der Waals surface area contributed by atoms with Gasteiger partial charge in [-0.15, -0.1) is 0 Å². The second-order valence-corrected chi connectivity index (χ2v) is 10.9. The van der Waals surface area contributed by atoms with Crippen molar-refractivity contribution < 1.29 is 27.5 Å². The highest BCUT2D eigenvalue weighted by Crippen LogP contribution is 2.36. The third-order valence-corrected chi connectivity index (χ3v) is 7.90. The summed E-state index contributed by atoms with van der Waals surface area (Å²) in [6.07, 6.45) is 2.92. The fourth-order valence-corrected chi connectivity index (χ4v) is 6.25. The summed E-state index contributed by atoms with van der Waals surface area (Å²) in [6, 6.07) is 10.3. The van der Waals surface area contributed by atoms with Crippen LogP contribution in [-0.4, -0.2) is 57.3 Å². The Hall–Kier alpha value is -3.27. The quantitative estimate of drug-likeness (QED) is 0.714. The highest BCUT2D eigenvalue weighted by Gasteiger charge is 2.34. The predicted molar refractivity (Wildman–Crippen MR) is 127 cm³/mol. The number of piperidine rings is 1. The van der Waals surface area contributed by atoms with Gasteiger partial charge in [-0.2, -0.15) is 0 Å². The van der Waals surface area contributed by atoms with Gasteiger partial charge in [0.25, 0.3) is 5.91 Å². The summed E-state index contributed by atoms with van der Waals surface area (Å²) in [5.74, 6) is 0.927. The number of hydrogen-bond donors (Lipinski definition) is 1. The first kappa shape index (κ1) is 22.5. The number of amides is 2. The molecule has 1 N–H and O–H groups in total. The molecule has 1 saturated heterocycles. The van der Waals surface area contributed by atoms with E-state index in [0.29, 0.717) is 60.8 Å². The minimum absolute atomic E-state index is 0.0710. The van der Waals surface area contributed by atoms with Gasteiger partial charge in [-0.1, -0.05) is 0 Å². The van der Waals surface area contributed by atoms with Gasteiger partial charge >= 0.3 is 0 Å². The molecule has 0 aliphatic carbocycles. The van der Waals surface area contributed by atoms with E-state index in [1.807, 2.05) is 6.92 Å². The Bertz CT molecular complexity index is 1250. The summed E-state index contributed by atoms with van der Waals surface area (Å²) >= 11 is 0. The van der Waals surface area contributed by atoms with E-state index in [0.717, 1.165) is 5.56 Å². The van der Waals surface area contributed by atoms with Gasteiger partial charge in [0.15, 0.2) is 11.5 Å². The molecule has 3 heterocycles. The lowest BCUT2D eigenvalue weighted by atomic mass is 9.95. The molecule has 2 aromatic carbocycles. The lowest BCUT2D eigenvalue weighted by Gasteiger charge is -2.31. The van der Waals surface area contributed by atoms with Crippen LogP contribution in [0.15, 0.2) is 36.4 Å². The number of carbonyl (C=O) groups excluding carboxylic acids is 2. The molecule has 1 atom stereocenters. The molecule has 5 rings (SSSR count). The highest BCUT2D eigenvalue weighted by molar-refractivity contribution is 7.92. The Morgan fingerprint density at radius 2 is 1.76 bits per heavy atom. The number of anilines is 2. The van der Waals surface area contributed by atoms with E-state index in [1.165, 1.54) is 10.6 Å². The van der Waals surface area contributed by atoms with E-state index in [9.17, 15) is 18.0 Å². The smallest absolute Gasteiger partial charge is 0.253 e. The minimum Gasteiger partial charge on any atom is -0.454 e. The number of nitrogens with zero attached hydrogens (tertiary/aromatic N) is 2. The summed E-state index contributed by atoms with van der Waals surface area (Å²) in [4.78, 5) is 27.6. The largest absolute Gasteiger partial charge is 0.454 e. The van der Waals surface area contributed by atoms with Crippen LogP contribution in [0.25, 0.3) is 0 Å². The van der Waals surface area contributed by atoms with Crippen molar-refractivity contribution in [2.75, 3.05) is 35.8 Å². The third-order valence-electron chi connectivity index (χ3n) is 6.63. The van der Waals surface area contributed by atoms with Gasteiger partial charge in [0, 0.05) is 42.4 Å². The first-order valence-electron chi connectivity index (χ1n) is 11.3. The molecular formula is C24H27N3O6S. The lowest BCUT2D eigenvalue weighted by molar-refractivity contribution is -0.121. The maximum Gasteiger partial charge on any atom is 0.253 e. The first-order valence-corrected chi connectivity index (χ1v) is 13.2. The number of fused-ring (bicyclic) bond motifs is 2. The zero-order chi connectivity index (χ0) is 24.0. The number of hydrogen-bond acceptors (Lipinski definition) is 6. The first-order chi connectivity index (χ1) is 16.2. The van der Waals surface area contributed by atoms with E-state index < -0.39 is 10.0 Å². The van der Waals surface area contributed by atoms with E-state index in [4.69, 9.17) is 9.47 Å². The number of ether oxygens (including phenoxy) is 2. The monoisotopic (exact) mass is 485 g/mol. The van der Waals surface area contributed by atoms with Gasteiger partial charge in [0.2, 0.25) is 22.7 Å². The number of rotatable bonds is 4. The zero-order valence-corrected chi connectivity index (χ0v) is 19.9. The van der Waals surface area contributed by atoms with Gasteiger partial charge < -0.3 is 19.7 Å². The fraction of sp³-hybridized carbons (Fsp3) is 0.417. The molecule has 0 radical (unpaired) electrons. The van der Waals surface area contributed by atoms with Crippen molar-refractivity contribution in [1.82, 2.24) is 4.90 Å². The molecule has 10 heteroatoms. The summed E-state index contributed by atoms with van der Waals surface area (Å²) < 4.78 is 36.3. The third kappa shape index (κ3) is 4.18. The summed E-state index contributed by atoms with van der Waals surface area (Å²) in [6.45, 7) is 3.02. The van der Waals surface area contributed by atoms with E-state index >= 15 is 0 Å². The Morgan fingerprint density at radius 1 is 1.03 bits per heavy atom. The molecule has 3 aliphatic heterocycles. The number of benzene rings is 2. The van der Waals surface area contributed by atoms with Crippen LogP contribution in [0, 0.1) is 5.92 Å². The van der Waals surface area contributed by atoms with Crippen molar-refractivity contribution in [2.24, 2.45) is 5.92 Å². The number of nitrogens with one attached hydrogen (secondary N) is 1. The molecular weight excluding hydrogens is 458 g/mol. The van der Waals surface area contributed by atoms with Gasteiger partial charge in [-0.3, -0.25) is 13.9 Å². The van der Waals surface area contributed by atoms with Crippen LogP contribution >= 0.6 is 0 Å². The van der Waals surface area contributed by atoms with Crippen LogP contribution in [0.3, 0.4) is 0 Å². The zero-order valence-electron chi connectivity index (χ0n) is 19.1. The van der Waals surface area contributed by atoms with E-state index in [-0.39, 0.29) is 30.6 Å². The molecule has 34 heavy (non-hydrogen) atoms. The maximum atomic E-state index is 13.1. The normalized spacial score (nSPS) is 19.8. The van der Waals surface area contributed by atoms with Gasteiger partial charge in [0.1, 0.15) is 0 Å². The Labute approximate surface area is 198 Å². The molecule has 0 spiro atoms. The second kappa shape index (κ2) is 8.50. The molecule has 0 aromatic heterocycles. The average molecular weight is 486 g/mol. The van der Waals surface area contributed by atoms with Crippen LogP contribution < -0.4 is 19.1 Å². The Kier molecular flexibility index (Phi) is 5.63. The molecule has 0 bridgehead atoms. The molecule has 1 fully saturated rings. The van der Waals surface area contributed by atoms with Gasteiger partial charge in [-0.25, -0.2) is 8.42 Å². The standard InChI is InChI=1S/C24H27N3O6S/c1-15-11-18-12-17(3-5-20(18)27(15)34(2,30)31)24(29)26-9-7-16(8-10-26)23(28)25-19-4-6-21-22(13-19)33-14-32-21/h3-6,12-13,15-16H,7-11,14H2,1-2H3,(H,25,28). The van der Waals surface area contributed by atoms with Crippen molar-refractivity contribution in [2.45, 2.75) is 32.2 Å². The fourth-order valence-electron chi connectivity index (χ4n) is 4.99. The predicted octanol–water partition coefficient (Wildman–Crippen LogP) is 2.62. The Balaban J connectivity index is 1.20. The van der Waals surface area contributed by atoms with Crippen molar-refractivity contribution in [3.05, 3.63) is 47.5 Å². The van der Waals surface area contributed by atoms with Crippen LogP contribution in [0.1, 0.15) is 35.7 Å². The van der Waals surface area contributed by atoms with Gasteiger partial charge in [0.05, 0.1) is 11.9 Å². The van der Waals surface area contributed by atoms with Crippen LogP contribution in [0.4, 0.5) is 11.4 Å². The van der Waals surface area contributed by atoms with Crippen molar-refractivity contribution >= 4 is 33.2 Å². The van der Waals surface area contributed by atoms with Crippen LogP contribution in [0.5, 0.6) is 11.5 Å². The van der Waals surface area contributed by atoms with Crippen LogP contribution in [-0.2, 0) is 21.2 Å². The topological polar surface area (TPSA) is 105 Å². The molecule has 1 unspecified atom stereocenters. The maximum absolute atomic E-state index is 13.1. The molecule has 2 aromatic rings. The minimum atomic E-state index is -3.37. The van der Waals surface area contributed by atoms with E-state index in [2.05, 4.69) is 5.32 Å². The summed E-state index contributed by atoms with van der Waals surface area (Å²) in [5, 5.41) is 2.93. The average Bonchev–Trinajstić information content (AvgIpc) is 3.40. The molecule has 2 amide bonds. The summed E-state index contributed by atoms with van der Waals surface area (Å²) in [7, 11) is -3.37. The van der Waals surface area contributed by atoms with Crippen LogP contribution in [0.2, 0.25) is 0 Å². The number of likely N-dealkylation sites (tertiary alicyclic amines) is 1. The number of sulfonamides is 1. The lowest BCUT2D eigenvalue weighted by Crippen LogP contribution is -2.41. The Morgan fingerprint density at radius 3 is 2.50 bits per heavy atom. The van der Waals surface area contributed by atoms with Crippen molar-refractivity contribution in [3.8, 4) is 11.5 Å². The van der Waals surface area contributed by atoms with Crippen molar-refractivity contribution in [1.29, 1.82) is 0 Å². The van der Waals surface area contributed by atoms with Crippen molar-refractivity contribution in [3.63, 3.8) is 0 Å². The SMILES string of the molecule is CC1Cc2cc(C(=O)N3CCC(C(=O)Nc4ccc5c(c4)OCO5)CC3)ccc2N1S(C)(=O)=O.